The van der Waals surface area contributed by atoms with Gasteiger partial charge >= 0.3 is 0 Å². The average molecular weight is 299 g/mol. The van der Waals surface area contributed by atoms with Crippen molar-refractivity contribution in [3.05, 3.63) is 48.0 Å². The SMILES string of the molecule is CNCCN(C)Cc1ccnn1-c1ccc(F)cc1.Cl. The zero-order chi connectivity index (χ0) is 13.7. The summed E-state index contributed by atoms with van der Waals surface area (Å²) in [5.41, 5.74) is 1.97. The van der Waals surface area contributed by atoms with E-state index >= 15 is 0 Å². The van der Waals surface area contributed by atoms with Crippen molar-refractivity contribution < 1.29 is 4.39 Å². The lowest BCUT2D eigenvalue weighted by atomic mass is 10.3. The van der Waals surface area contributed by atoms with Crippen molar-refractivity contribution in [2.75, 3.05) is 27.2 Å². The zero-order valence-corrected chi connectivity index (χ0v) is 12.5. The van der Waals surface area contributed by atoms with Crippen molar-refractivity contribution in [2.24, 2.45) is 0 Å². The lowest BCUT2D eigenvalue weighted by Crippen LogP contribution is -2.27. The number of hydrogen-bond acceptors (Lipinski definition) is 3. The molecular formula is C14H20ClFN4. The van der Waals surface area contributed by atoms with Crippen molar-refractivity contribution in [3.8, 4) is 5.69 Å². The summed E-state index contributed by atoms with van der Waals surface area (Å²) in [6, 6.07) is 8.36. The number of benzene rings is 1. The first-order valence-corrected chi connectivity index (χ1v) is 6.32. The second-order valence-corrected chi connectivity index (χ2v) is 4.55. The molecule has 0 atom stereocenters. The Morgan fingerprint density at radius 2 is 1.95 bits per heavy atom. The van der Waals surface area contributed by atoms with Crippen LogP contribution in [0.2, 0.25) is 0 Å². The summed E-state index contributed by atoms with van der Waals surface area (Å²) in [4.78, 5) is 2.22. The summed E-state index contributed by atoms with van der Waals surface area (Å²) < 4.78 is 14.8. The van der Waals surface area contributed by atoms with E-state index in [4.69, 9.17) is 0 Å². The molecule has 1 aromatic heterocycles. The van der Waals surface area contributed by atoms with E-state index < -0.39 is 0 Å². The standard InChI is InChI=1S/C14H19FN4.ClH/c1-16-9-10-18(2)11-14-7-8-17-19(14)13-5-3-12(15)4-6-13;/h3-8,16H,9-11H2,1-2H3;1H. The number of hydrogen-bond donors (Lipinski definition) is 1. The molecule has 1 aromatic carbocycles. The summed E-state index contributed by atoms with van der Waals surface area (Å²) in [6.45, 7) is 2.71. The molecule has 0 saturated carbocycles. The largest absolute Gasteiger partial charge is 0.318 e. The van der Waals surface area contributed by atoms with E-state index in [-0.39, 0.29) is 18.2 Å². The van der Waals surface area contributed by atoms with Gasteiger partial charge in [0.2, 0.25) is 0 Å². The molecule has 2 aromatic rings. The third-order valence-corrected chi connectivity index (χ3v) is 2.97. The molecule has 0 aliphatic heterocycles. The van der Waals surface area contributed by atoms with Crippen LogP contribution in [-0.4, -0.2) is 41.9 Å². The number of nitrogens with zero attached hydrogens (tertiary/aromatic N) is 3. The van der Waals surface area contributed by atoms with Gasteiger partial charge in [-0.05, 0) is 44.4 Å². The molecule has 0 fully saturated rings. The van der Waals surface area contributed by atoms with Gasteiger partial charge in [-0.1, -0.05) is 0 Å². The van der Waals surface area contributed by atoms with Crippen LogP contribution in [0.1, 0.15) is 5.69 Å². The molecular weight excluding hydrogens is 279 g/mol. The van der Waals surface area contributed by atoms with E-state index in [1.54, 1.807) is 18.3 Å². The predicted molar refractivity (Wildman–Crippen MR) is 81.0 cm³/mol. The van der Waals surface area contributed by atoms with Crippen LogP contribution in [0.25, 0.3) is 5.69 Å². The van der Waals surface area contributed by atoms with Gasteiger partial charge in [0, 0.05) is 25.8 Å². The fourth-order valence-corrected chi connectivity index (χ4v) is 1.92. The monoisotopic (exact) mass is 298 g/mol. The summed E-state index contributed by atoms with van der Waals surface area (Å²) in [6.07, 6.45) is 1.77. The van der Waals surface area contributed by atoms with Crippen LogP contribution >= 0.6 is 12.4 Å². The molecule has 0 bridgehead atoms. The number of rotatable bonds is 6. The molecule has 2 rings (SSSR count). The highest BCUT2D eigenvalue weighted by molar-refractivity contribution is 5.85. The maximum atomic E-state index is 12.9. The molecule has 0 aliphatic carbocycles. The molecule has 1 N–H and O–H groups in total. The fourth-order valence-electron chi connectivity index (χ4n) is 1.92. The average Bonchev–Trinajstić information content (AvgIpc) is 2.85. The third kappa shape index (κ3) is 4.30. The van der Waals surface area contributed by atoms with Gasteiger partial charge in [0.05, 0.1) is 11.4 Å². The first-order valence-electron chi connectivity index (χ1n) is 6.32. The van der Waals surface area contributed by atoms with Crippen LogP contribution in [0, 0.1) is 5.82 Å². The molecule has 1 heterocycles. The van der Waals surface area contributed by atoms with Crippen LogP contribution < -0.4 is 5.32 Å². The number of halogens is 2. The summed E-state index contributed by atoms with van der Waals surface area (Å²) >= 11 is 0. The summed E-state index contributed by atoms with van der Waals surface area (Å²) in [5, 5.41) is 7.43. The number of likely N-dealkylation sites (N-methyl/N-ethyl adjacent to an activating group) is 2. The highest BCUT2D eigenvalue weighted by Gasteiger charge is 2.07. The molecule has 0 saturated heterocycles. The third-order valence-electron chi connectivity index (χ3n) is 2.97. The molecule has 110 valence electrons. The molecule has 6 heteroatoms. The van der Waals surface area contributed by atoms with E-state index in [0.717, 1.165) is 31.0 Å². The van der Waals surface area contributed by atoms with Gasteiger partial charge in [-0.25, -0.2) is 9.07 Å². The minimum absolute atomic E-state index is 0. The van der Waals surface area contributed by atoms with Crippen molar-refractivity contribution >= 4 is 12.4 Å². The Hall–Kier alpha value is -1.43. The maximum Gasteiger partial charge on any atom is 0.123 e. The number of nitrogens with one attached hydrogen (secondary N) is 1. The highest BCUT2D eigenvalue weighted by Crippen LogP contribution is 2.12. The first kappa shape index (κ1) is 16.6. The van der Waals surface area contributed by atoms with Crippen molar-refractivity contribution in [1.29, 1.82) is 0 Å². The van der Waals surface area contributed by atoms with Crippen LogP contribution in [0.15, 0.2) is 36.5 Å². The number of aromatic nitrogens is 2. The van der Waals surface area contributed by atoms with Gasteiger partial charge in [0.1, 0.15) is 5.82 Å². The minimum Gasteiger partial charge on any atom is -0.318 e. The second kappa shape index (κ2) is 7.99. The van der Waals surface area contributed by atoms with Crippen LogP contribution in [0.5, 0.6) is 0 Å². The second-order valence-electron chi connectivity index (χ2n) is 4.55. The van der Waals surface area contributed by atoms with E-state index in [1.165, 1.54) is 12.1 Å². The van der Waals surface area contributed by atoms with Crippen molar-refractivity contribution in [2.45, 2.75) is 6.54 Å². The van der Waals surface area contributed by atoms with Gasteiger partial charge in [0.15, 0.2) is 0 Å². The molecule has 0 amide bonds. The van der Waals surface area contributed by atoms with Crippen molar-refractivity contribution in [3.63, 3.8) is 0 Å². The Morgan fingerprint density at radius 3 is 2.60 bits per heavy atom. The smallest absolute Gasteiger partial charge is 0.123 e. The molecule has 0 unspecified atom stereocenters. The van der Waals surface area contributed by atoms with E-state index in [0.29, 0.717) is 0 Å². The van der Waals surface area contributed by atoms with Gasteiger partial charge in [0.25, 0.3) is 0 Å². The Balaban J connectivity index is 0.00000200. The van der Waals surface area contributed by atoms with E-state index in [9.17, 15) is 4.39 Å². The molecule has 20 heavy (non-hydrogen) atoms. The Kier molecular flexibility index (Phi) is 6.64. The minimum atomic E-state index is -0.233. The summed E-state index contributed by atoms with van der Waals surface area (Å²) in [7, 11) is 4.01. The van der Waals surface area contributed by atoms with Crippen LogP contribution in [-0.2, 0) is 6.54 Å². The highest BCUT2D eigenvalue weighted by atomic mass is 35.5. The lowest BCUT2D eigenvalue weighted by molar-refractivity contribution is 0.321. The van der Waals surface area contributed by atoms with Gasteiger partial charge in [-0.3, -0.25) is 4.90 Å². The quantitative estimate of drug-likeness (QED) is 0.886. The molecule has 0 aliphatic rings. The zero-order valence-electron chi connectivity index (χ0n) is 11.7. The molecule has 0 radical (unpaired) electrons. The maximum absolute atomic E-state index is 12.9. The van der Waals surface area contributed by atoms with Crippen LogP contribution in [0.3, 0.4) is 0 Å². The summed E-state index contributed by atoms with van der Waals surface area (Å²) in [5.74, 6) is -0.233. The molecule has 0 spiro atoms. The Bertz CT molecular complexity index is 512. The molecule has 4 nitrogen and oxygen atoms in total. The normalized spacial score (nSPS) is 10.6. The first-order chi connectivity index (χ1) is 9.20. The lowest BCUT2D eigenvalue weighted by Gasteiger charge is -2.17. The van der Waals surface area contributed by atoms with Gasteiger partial charge in [-0.2, -0.15) is 5.10 Å². The Labute approximate surface area is 125 Å². The van der Waals surface area contributed by atoms with Gasteiger partial charge in [-0.15, -0.1) is 12.4 Å². The van der Waals surface area contributed by atoms with Gasteiger partial charge < -0.3 is 5.32 Å². The van der Waals surface area contributed by atoms with Crippen molar-refractivity contribution in [1.82, 2.24) is 20.0 Å². The topological polar surface area (TPSA) is 33.1 Å². The Morgan fingerprint density at radius 1 is 1.25 bits per heavy atom. The van der Waals surface area contributed by atoms with E-state index in [2.05, 4.69) is 22.4 Å². The van der Waals surface area contributed by atoms with E-state index in [1.807, 2.05) is 17.8 Å². The predicted octanol–water partition coefficient (Wildman–Crippen LogP) is 2.08. The fraction of sp³-hybridized carbons (Fsp3) is 0.357. The van der Waals surface area contributed by atoms with Crippen LogP contribution in [0.4, 0.5) is 4.39 Å².